The van der Waals surface area contributed by atoms with Gasteiger partial charge in [0, 0.05) is 34.6 Å². The van der Waals surface area contributed by atoms with Crippen LogP contribution in [0.3, 0.4) is 0 Å². The molecule has 290 valence electrons. The molecule has 0 fully saturated rings. The van der Waals surface area contributed by atoms with Gasteiger partial charge in [0.2, 0.25) is 0 Å². The lowest BCUT2D eigenvalue weighted by atomic mass is 9.65. The Labute approximate surface area is 342 Å². The maximum absolute atomic E-state index is 2.67. The van der Waals surface area contributed by atoms with Gasteiger partial charge >= 0.3 is 0 Å². The molecule has 3 aliphatic rings. The Morgan fingerprint density at radius 3 is 1.23 bits per heavy atom. The Morgan fingerprint density at radius 1 is 0.439 bits per heavy atom. The zero-order chi connectivity index (χ0) is 39.7. The number of nitrogens with zero attached hydrogens (tertiary/aromatic N) is 2. The topological polar surface area (TPSA) is 6.48 Å². The predicted molar refractivity (Wildman–Crippen MR) is 243 cm³/mol. The Hall–Kier alpha value is -5.08. The number of hydrogen-bond donors (Lipinski definition) is 0. The van der Waals surface area contributed by atoms with E-state index in [0.29, 0.717) is 0 Å². The molecular weight excluding hydrogens is 689 g/mol. The van der Waals surface area contributed by atoms with E-state index >= 15 is 0 Å². The number of benzene rings is 6. The van der Waals surface area contributed by atoms with Crippen LogP contribution in [0.5, 0.6) is 0 Å². The summed E-state index contributed by atoms with van der Waals surface area (Å²) in [6.07, 6.45) is 8.47. The summed E-state index contributed by atoms with van der Waals surface area (Å²) in [5, 5.41) is 0. The molecule has 0 spiro atoms. The van der Waals surface area contributed by atoms with Crippen LogP contribution in [0.4, 0.5) is 22.7 Å². The lowest BCUT2D eigenvalue weighted by Crippen LogP contribution is -2.51. The van der Waals surface area contributed by atoms with Gasteiger partial charge in [0.15, 0.2) is 0 Å². The Kier molecular flexibility index (Phi) is 9.26. The van der Waals surface area contributed by atoms with Crippen LogP contribution in [-0.4, -0.2) is 0 Å². The summed E-state index contributed by atoms with van der Waals surface area (Å²) < 4.78 is 0. The third-order valence-corrected chi connectivity index (χ3v) is 14.3. The van der Waals surface area contributed by atoms with Gasteiger partial charge in [-0.25, -0.2) is 0 Å². The van der Waals surface area contributed by atoms with Crippen LogP contribution >= 0.6 is 0 Å². The molecule has 0 heterocycles. The van der Waals surface area contributed by atoms with E-state index in [0.717, 1.165) is 51.4 Å². The number of aryl methyl sites for hydroxylation is 4. The standard InChI is InChI=1S/C55H60N2/c1-9-31-55(57(44-27-19-39(12-4)20-28-44)45-29-21-40(13-5)22-30-45)51-33-47-46-32-41-36-54(14-6,48(41)34-49(46)53(7,8)50(47)35-52(51)55)56(42-23-15-37(10-2)16-24-42)43-25-17-38(11-3)18-26-43/h15-30,32-35H,9-14,31,36H2,1-8H3. The van der Waals surface area contributed by atoms with Crippen molar-refractivity contribution in [1.29, 1.82) is 0 Å². The molecule has 2 heteroatoms. The van der Waals surface area contributed by atoms with Crippen molar-refractivity contribution >= 4 is 22.7 Å². The molecule has 0 saturated carbocycles. The molecule has 0 N–H and O–H groups in total. The molecule has 0 bridgehead atoms. The molecule has 6 aromatic carbocycles. The number of fused-ring (bicyclic) bond motifs is 5. The second kappa shape index (κ2) is 14.1. The number of anilines is 4. The molecule has 0 radical (unpaired) electrons. The van der Waals surface area contributed by atoms with Crippen LogP contribution in [0.2, 0.25) is 0 Å². The summed E-state index contributed by atoms with van der Waals surface area (Å²) in [7, 11) is 0. The normalized spacial score (nSPS) is 19.2. The first-order chi connectivity index (χ1) is 27.7. The Balaban J connectivity index is 1.15. The lowest BCUT2D eigenvalue weighted by Gasteiger charge is -2.53. The molecule has 2 unspecified atom stereocenters. The van der Waals surface area contributed by atoms with Gasteiger partial charge in [-0.05, 0) is 160 Å². The lowest BCUT2D eigenvalue weighted by molar-refractivity contribution is 0.362. The first-order valence-corrected chi connectivity index (χ1v) is 22.0. The number of hydrogen-bond acceptors (Lipinski definition) is 2. The van der Waals surface area contributed by atoms with Crippen LogP contribution in [0.15, 0.2) is 121 Å². The Morgan fingerprint density at radius 2 is 0.825 bits per heavy atom. The highest BCUT2D eigenvalue weighted by molar-refractivity contribution is 5.89. The summed E-state index contributed by atoms with van der Waals surface area (Å²) in [4.78, 5) is 5.34. The van der Waals surface area contributed by atoms with Gasteiger partial charge in [0.05, 0.1) is 11.1 Å². The van der Waals surface area contributed by atoms with Crippen LogP contribution < -0.4 is 9.80 Å². The summed E-state index contributed by atoms with van der Waals surface area (Å²) in [6.45, 7) is 18.7. The van der Waals surface area contributed by atoms with E-state index in [1.54, 1.807) is 0 Å². The summed E-state index contributed by atoms with van der Waals surface area (Å²) >= 11 is 0. The van der Waals surface area contributed by atoms with Crippen LogP contribution in [-0.2, 0) is 48.6 Å². The van der Waals surface area contributed by atoms with E-state index in [-0.39, 0.29) is 16.5 Å². The zero-order valence-electron chi connectivity index (χ0n) is 35.6. The Bertz CT molecular complexity index is 2340. The largest absolute Gasteiger partial charge is 0.331 e. The molecule has 0 saturated heterocycles. The third-order valence-electron chi connectivity index (χ3n) is 14.3. The van der Waals surface area contributed by atoms with E-state index in [1.807, 2.05) is 0 Å². The second-order valence-corrected chi connectivity index (χ2v) is 17.5. The van der Waals surface area contributed by atoms with Gasteiger partial charge in [0.1, 0.15) is 0 Å². The molecule has 0 aliphatic heterocycles. The van der Waals surface area contributed by atoms with E-state index in [9.17, 15) is 0 Å². The summed E-state index contributed by atoms with van der Waals surface area (Å²) in [5.41, 5.74) is 22.1. The third kappa shape index (κ3) is 5.65. The highest BCUT2D eigenvalue weighted by Crippen LogP contribution is 2.64. The van der Waals surface area contributed by atoms with E-state index in [4.69, 9.17) is 0 Å². The maximum atomic E-state index is 2.67. The molecule has 57 heavy (non-hydrogen) atoms. The fraction of sp³-hybridized carbons (Fsp3) is 0.345. The van der Waals surface area contributed by atoms with Crippen LogP contribution in [0.25, 0.3) is 11.1 Å². The average molecular weight is 749 g/mol. The van der Waals surface area contributed by atoms with E-state index < -0.39 is 0 Å². The van der Waals surface area contributed by atoms with Gasteiger partial charge in [-0.2, -0.15) is 0 Å². The average Bonchev–Trinajstić information content (AvgIpc) is 3.80. The van der Waals surface area contributed by atoms with Crippen molar-refractivity contribution in [2.45, 2.75) is 123 Å². The van der Waals surface area contributed by atoms with Gasteiger partial charge in [-0.3, -0.25) is 0 Å². The van der Waals surface area contributed by atoms with Gasteiger partial charge in [-0.15, -0.1) is 0 Å². The molecule has 0 aromatic heterocycles. The highest BCUT2D eigenvalue weighted by atomic mass is 15.2. The van der Waals surface area contributed by atoms with Crippen molar-refractivity contribution in [2.24, 2.45) is 0 Å². The van der Waals surface area contributed by atoms with Crippen molar-refractivity contribution < 1.29 is 0 Å². The van der Waals surface area contributed by atoms with Crippen molar-refractivity contribution in [3.63, 3.8) is 0 Å². The fourth-order valence-corrected chi connectivity index (χ4v) is 10.8. The maximum Gasteiger partial charge on any atom is 0.0962 e. The fourth-order valence-electron chi connectivity index (χ4n) is 10.8. The number of rotatable bonds is 13. The minimum absolute atomic E-state index is 0.110. The highest BCUT2D eigenvalue weighted by Gasteiger charge is 2.57. The van der Waals surface area contributed by atoms with Gasteiger partial charge in [-0.1, -0.05) is 129 Å². The zero-order valence-corrected chi connectivity index (χ0v) is 35.6. The van der Waals surface area contributed by atoms with Crippen molar-refractivity contribution in [3.8, 4) is 11.1 Å². The minimum atomic E-state index is -0.158. The van der Waals surface area contributed by atoms with Crippen molar-refractivity contribution in [1.82, 2.24) is 0 Å². The van der Waals surface area contributed by atoms with E-state index in [1.165, 1.54) is 89.5 Å². The van der Waals surface area contributed by atoms with Gasteiger partial charge < -0.3 is 9.80 Å². The van der Waals surface area contributed by atoms with E-state index in [2.05, 4.69) is 187 Å². The molecule has 2 nitrogen and oxygen atoms in total. The quantitative estimate of drug-likeness (QED) is 0.116. The molecule has 0 amide bonds. The molecule has 9 rings (SSSR count). The SMILES string of the molecule is CCCC1(N(c2ccc(CC)cc2)c2ccc(CC)cc2)c2cc3c(cc21)C(C)(C)c1cc2c(cc1-3)CC2(CC)N(c1ccc(CC)cc1)c1ccc(CC)cc1. The van der Waals surface area contributed by atoms with Crippen molar-refractivity contribution in [2.75, 3.05) is 9.80 Å². The van der Waals surface area contributed by atoms with Crippen LogP contribution in [0, 0.1) is 0 Å². The summed E-state index contributed by atoms with van der Waals surface area (Å²) in [6, 6.07) is 47.9. The van der Waals surface area contributed by atoms with Gasteiger partial charge in [0.25, 0.3) is 0 Å². The molecule has 2 atom stereocenters. The smallest absolute Gasteiger partial charge is 0.0962 e. The monoisotopic (exact) mass is 748 g/mol. The predicted octanol–water partition coefficient (Wildman–Crippen LogP) is 14.4. The van der Waals surface area contributed by atoms with Crippen molar-refractivity contribution in [3.05, 3.63) is 177 Å². The molecular formula is C55H60N2. The first-order valence-electron chi connectivity index (χ1n) is 22.0. The summed E-state index contributed by atoms with van der Waals surface area (Å²) in [5.74, 6) is 0. The second-order valence-electron chi connectivity index (χ2n) is 17.5. The molecule has 3 aliphatic carbocycles. The van der Waals surface area contributed by atoms with Crippen LogP contribution in [0.1, 0.15) is 130 Å². The molecule has 6 aromatic rings. The minimum Gasteiger partial charge on any atom is -0.331 e. The first kappa shape index (κ1) is 37.5.